The Balaban J connectivity index is 1.96. The Hall–Kier alpha value is -2.99. The molecular weight excluding hydrogens is 381 g/mol. The summed E-state index contributed by atoms with van der Waals surface area (Å²) < 4.78 is 15.0. The van der Waals surface area contributed by atoms with Gasteiger partial charge in [-0.1, -0.05) is 23.7 Å². The van der Waals surface area contributed by atoms with Gasteiger partial charge in [0.2, 0.25) is 5.43 Å². The fourth-order valence-electron chi connectivity index (χ4n) is 2.87. The zero-order chi connectivity index (χ0) is 20.3. The van der Waals surface area contributed by atoms with Crippen LogP contribution in [0.1, 0.15) is 28.7 Å². The molecule has 1 aromatic heterocycles. The van der Waals surface area contributed by atoms with Crippen LogP contribution in [-0.4, -0.2) is 27.1 Å². The summed E-state index contributed by atoms with van der Waals surface area (Å²) in [5, 5.41) is 4.87. The van der Waals surface area contributed by atoms with E-state index in [-0.39, 0.29) is 18.1 Å². The summed E-state index contributed by atoms with van der Waals surface area (Å²) in [5.74, 6) is -0.876. The standard InChI is InChI=1S/C21H19ClFN3O2/c1-3-25(13-15-5-4-6-17(23)12-15)21(28)20-19(27)11-14(2)26(24-20)18-9-7-16(22)8-10-18/h4-12H,3,13H2,1-2H3. The highest BCUT2D eigenvalue weighted by atomic mass is 35.5. The second kappa shape index (κ2) is 8.35. The Morgan fingerprint density at radius 1 is 1.18 bits per heavy atom. The number of aryl methyl sites for hydroxylation is 1. The number of hydrogen-bond donors (Lipinski definition) is 0. The number of amides is 1. The number of aromatic nitrogens is 2. The van der Waals surface area contributed by atoms with Gasteiger partial charge in [-0.3, -0.25) is 9.59 Å². The molecule has 1 heterocycles. The molecule has 0 radical (unpaired) electrons. The number of nitrogens with zero attached hydrogens (tertiary/aromatic N) is 3. The van der Waals surface area contributed by atoms with E-state index in [1.165, 1.54) is 27.8 Å². The summed E-state index contributed by atoms with van der Waals surface area (Å²) in [6.45, 7) is 4.07. The minimum atomic E-state index is -0.500. The molecule has 0 aliphatic heterocycles. The average molecular weight is 400 g/mol. The van der Waals surface area contributed by atoms with Gasteiger partial charge in [0.1, 0.15) is 5.82 Å². The number of benzene rings is 2. The van der Waals surface area contributed by atoms with Gasteiger partial charge in [0.25, 0.3) is 5.91 Å². The monoisotopic (exact) mass is 399 g/mol. The molecule has 3 rings (SSSR count). The third-order valence-electron chi connectivity index (χ3n) is 4.31. The highest BCUT2D eigenvalue weighted by molar-refractivity contribution is 6.30. The van der Waals surface area contributed by atoms with Crippen LogP contribution in [-0.2, 0) is 6.54 Å². The van der Waals surface area contributed by atoms with E-state index in [1.54, 1.807) is 50.2 Å². The lowest BCUT2D eigenvalue weighted by Gasteiger charge is -2.21. The highest BCUT2D eigenvalue weighted by Crippen LogP contribution is 2.15. The molecule has 0 N–H and O–H groups in total. The van der Waals surface area contributed by atoms with Gasteiger partial charge >= 0.3 is 0 Å². The summed E-state index contributed by atoms with van der Waals surface area (Å²) >= 11 is 5.93. The molecule has 7 heteroatoms. The first-order chi connectivity index (χ1) is 13.4. The maximum atomic E-state index is 13.4. The zero-order valence-electron chi connectivity index (χ0n) is 15.5. The van der Waals surface area contributed by atoms with E-state index in [1.807, 2.05) is 0 Å². The molecule has 0 unspecified atom stereocenters. The average Bonchev–Trinajstić information content (AvgIpc) is 2.67. The molecule has 28 heavy (non-hydrogen) atoms. The number of carbonyl (C=O) groups is 1. The summed E-state index contributed by atoms with van der Waals surface area (Å²) in [7, 11) is 0. The van der Waals surface area contributed by atoms with Crippen molar-refractivity contribution in [3.63, 3.8) is 0 Å². The Morgan fingerprint density at radius 2 is 1.89 bits per heavy atom. The van der Waals surface area contributed by atoms with Crippen molar-refractivity contribution in [2.45, 2.75) is 20.4 Å². The van der Waals surface area contributed by atoms with Crippen molar-refractivity contribution < 1.29 is 9.18 Å². The van der Waals surface area contributed by atoms with E-state index in [0.717, 1.165) is 0 Å². The molecule has 5 nitrogen and oxygen atoms in total. The topological polar surface area (TPSA) is 55.2 Å². The van der Waals surface area contributed by atoms with Crippen molar-refractivity contribution in [1.82, 2.24) is 14.7 Å². The van der Waals surface area contributed by atoms with E-state index in [9.17, 15) is 14.0 Å². The summed E-state index contributed by atoms with van der Waals surface area (Å²) in [6, 6.07) is 14.3. The summed E-state index contributed by atoms with van der Waals surface area (Å²) in [4.78, 5) is 26.9. The largest absolute Gasteiger partial charge is 0.333 e. The molecule has 0 fully saturated rings. The minimum Gasteiger partial charge on any atom is -0.333 e. The van der Waals surface area contributed by atoms with Crippen LogP contribution in [0.4, 0.5) is 4.39 Å². The maximum absolute atomic E-state index is 13.4. The van der Waals surface area contributed by atoms with Crippen LogP contribution in [0, 0.1) is 12.7 Å². The van der Waals surface area contributed by atoms with Crippen molar-refractivity contribution in [1.29, 1.82) is 0 Å². The lowest BCUT2D eigenvalue weighted by Crippen LogP contribution is -2.35. The third-order valence-corrected chi connectivity index (χ3v) is 4.56. The lowest BCUT2D eigenvalue weighted by atomic mass is 10.2. The molecule has 3 aromatic rings. The van der Waals surface area contributed by atoms with E-state index in [2.05, 4.69) is 5.10 Å². The molecular formula is C21H19ClFN3O2. The molecule has 1 amide bonds. The molecule has 0 aliphatic carbocycles. The van der Waals surface area contributed by atoms with E-state index in [0.29, 0.717) is 28.5 Å². The van der Waals surface area contributed by atoms with E-state index < -0.39 is 11.3 Å². The van der Waals surface area contributed by atoms with Gasteiger partial charge in [-0.15, -0.1) is 0 Å². The number of halogens is 2. The normalized spacial score (nSPS) is 10.7. The maximum Gasteiger partial charge on any atom is 0.278 e. The van der Waals surface area contributed by atoms with Gasteiger partial charge in [-0.25, -0.2) is 9.07 Å². The Kier molecular flexibility index (Phi) is 5.90. The number of hydrogen-bond acceptors (Lipinski definition) is 3. The van der Waals surface area contributed by atoms with Gasteiger partial charge in [-0.2, -0.15) is 5.10 Å². The van der Waals surface area contributed by atoms with E-state index in [4.69, 9.17) is 11.6 Å². The molecule has 0 saturated heterocycles. The van der Waals surface area contributed by atoms with Gasteiger partial charge in [0, 0.05) is 29.9 Å². The van der Waals surface area contributed by atoms with Gasteiger partial charge in [0.15, 0.2) is 5.69 Å². The molecule has 0 atom stereocenters. The minimum absolute atomic E-state index is 0.182. The number of rotatable bonds is 5. The highest BCUT2D eigenvalue weighted by Gasteiger charge is 2.21. The smallest absolute Gasteiger partial charge is 0.278 e. The fraction of sp³-hybridized carbons (Fsp3) is 0.190. The van der Waals surface area contributed by atoms with E-state index >= 15 is 0 Å². The van der Waals surface area contributed by atoms with Crippen LogP contribution in [0.25, 0.3) is 5.69 Å². The van der Waals surface area contributed by atoms with Gasteiger partial charge < -0.3 is 4.90 Å². The molecule has 0 bridgehead atoms. The predicted octanol–water partition coefficient (Wildman–Crippen LogP) is 4.00. The zero-order valence-corrected chi connectivity index (χ0v) is 16.3. The predicted molar refractivity (Wildman–Crippen MR) is 106 cm³/mol. The lowest BCUT2D eigenvalue weighted by molar-refractivity contribution is 0.0743. The Morgan fingerprint density at radius 3 is 2.54 bits per heavy atom. The Labute approximate surface area is 167 Å². The fourth-order valence-corrected chi connectivity index (χ4v) is 3.00. The molecule has 0 spiro atoms. The van der Waals surface area contributed by atoms with Crippen LogP contribution >= 0.6 is 11.6 Å². The van der Waals surface area contributed by atoms with Crippen LogP contribution in [0.3, 0.4) is 0 Å². The van der Waals surface area contributed by atoms with Crippen LogP contribution in [0.5, 0.6) is 0 Å². The number of carbonyl (C=O) groups excluding carboxylic acids is 1. The van der Waals surface area contributed by atoms with Crippen LogP contribution in [0.2, 0.25) is 5.02 Å². The summed E-state index contributed by atoms with van der Waals surface area (Å²) in [5.41, 5.74) is 1.28. The van der Waals surface area contributed by atoms with Crippen molar-refractivity contribution in [3.05, 3.63) is 92.6 Å². The van der Waals surface area contributed by atoms with Crippen molar-refractivity contribution in [2.24, 2.45) is 0 Å². The molecule has 0 aliphatic rings. The molecule has 2 aromatic carbocycles. The molecule has 0 saturated carbocycles. The summed E-state index contributed by atoms with van der Waals surface area (Å²) in [6.07, 6.45) is 0. The van der Waals surface area contributed by atoms with Crippen LogP contribution < -0.4 is 5.43 Å². The first kappa shape index (κ1) is 19.8. The van der Waals surface area contributed by atoms with Gasteiger partial charge in [-0.05, 0) is 55.8 Å². The van der Waals surface area contributed by atoms with Crippen molar-refractivity contribution >= 4 is 17.5 Å². The third kappa shape index (κ3) is 4.28. The second-order valence-corrected chi connectivity index (χ2v) is 6.77. The van der Waals surface area contributed by atoms with Gasteiger partial charge in [0.05, 0.1) is 5.69 Å². The SMILES string of the molecule is CCN(Cc1cccc(F)c1)C(=O)c1nn(-c2ccc(Cl)cc2)c(C)cc1=O. The first-order valence-electron chi connectivity index (χ1n) is 8.79. The van der Waals surface area contributed by atoms with Crippen molar-refractivity contribution in [3.8, 4) is 5.69 Å². The first-order valence-corrected chi connectivity index (χ1v) is 9.17. The quantitative estimate of drug-likeness (QED) is 0.651. The van der Waals surface area contributed by atoms with Crippen molar-refractivity contribution in [2.75, 3.05) is 6.54 Å². The van der Waals surface area contributed by atoms with Crippen LogP contribution in [0.15, 0.2) is 59.4 Å². The Bertz CT molecular complexity index is 1060. The second-order valence-electron chi connectivity index (χ2n) is 6.34. The molecule has 144 valence electrons.